The van der Waals surface area contributed by atoms with Gasteiger partial charge in [0.05, 0.1) is 11.1 Å². The van der Waals surface area contributed by atoms with Crippen molar-refractivity contribution in [3.05, 3.63) is 84.0 Å². The summed E-state index contributed by atoms with van der Waals surface area (Å²) in [6.07, 6.45) is 3.11. The van der Waals surface area contributed by atoms with Crippen LogP contribution in [0.2, 0.25) is 0 Å². The van der Waals surface area contributed by atoms with Gasteiger partial charge in [0.1, 0.15) is 0 Å². The van der Waals surface area contributed by atoms with Gasteiger partial charge in [-0.05, 0) is 59.4 Å². The molecule has 8 nitrogen and oxygen atoms in total. The number of carboxylic acid groups (broad SMARTS) is 2. The Morgan fingerprint density at radius 1 is 0.719 bits per heavy atom. The molecule has 2 aromatic rings. The lowest BCUT2D eigenvalue weighted by molar-refractivity contribution is -0.117. The summed E-state index contributed by atoms with van der Waals surface area (Å²) < 4.78 is 0. The molecule has 0 radical (unpaired) electrons. The molecule has 2 amide bonds. The number of carbonyl (C=O) groups excluding carboxylic acids is 2. The highest BCUT2D eigenvalue weighted by molar-refractivity contribution is 6.02. The van der Waals surface area contributed by atoms with E-state index < -0.39 is 11.9 Å². The fourth-order valence-electron chi connectivity index (χ4n) is 3.12. The zero-order valence-corrected chi connectivity index (χ0v) is 17.4. The van der Waals surface area contributed by atoms with Crippen molar-refractivity contribution in [2.75, 3.05) is 13.1 Å². The van der Waals surface area contributed by atoms with Crippen molar-refractivity contribution >= 4 is 23.8 Å². The third kappa shape index (κ3) is 6.40. The lowest BCUT2D eigenvalue weighted by Gasteiger charge is -2.13. The molecule has 8 heteroatoms. The van der Waals surface area contributed by atoms with E-state index >= 15 is 0 Å². The molecule has 0 aliphatic heterocycles. The molecule has 0 fully saturated rings. The second-order valence-corrected chi connectivity index (χ2v) is 6.86. The Balaban J connectivity index is 2.33. The van der Waals surface area contributed by atoms with Crippen LogP contribution < -0.4 is 10.6 Å². The number of carboxylic acids is 2. The lowest BCUT2D eigenvalue weighted by Crippen LogP contribution is -2.23. The third-order valence-corrected chi connectivity index (χ3v) is 4.72. The molecule has 4 N–H and O–H groups in total. The van der Waals surface area contributed by atoms with Gasteiger partial charge in [-0.15, -0.1) is 0 Å². The molecule has 0 saturated carbocycles. The van der Waals surface area contributed by atoms with Gasteiger partial charge in [-0.25, -0.2) is 9.59 Å². The van der Waals surface area contributed by atoms with Crippen LogP contribution >= 0.6 is 0 Å². The highest BCUT2D eigenvalue weighted by atomic mass is 16.4. The van der Waals surface area contributed by atoms with E-state index in [4.69, 9.17) is 0 Å². The predicted molar refractivity (Wildman–Crippen MR) is 120 cm³/mol. The quantitative estimate of drug-likeness (QED) is 0.400. The minimum Gasteiger partial charge on any atom is -0.478 e. The minimum absolute atomic E-state index is 0.0361. The van der Waals surface area contributed by atoms with Gasteiger partial charge in [-0.2, -0.15) is 0 Å². The second-order valence-electron chi connectivity index (χ2n) is 6.86. The van der Waals surface area contributed by atoms with Crippen LogP contribution in [0, 0.1) is 0 Å². The zero-order chi connectivity index (χ0) is 23.7. The summed E-state index contributed by atoms with van der Waals surface area (Å²) in [5, 5.41) is 24.6. The summed E-state index contributed by atoms with van der Waals surface area (Å²) in [6, 6.07) is 9.49. The normalized spacial score (nSPS) is 10.1. The summed E-state index contributed by atoms with van der Waals surface area (Å²) in [4.78, 5) is 46.3. The van der Waals surface area contributed by atoms with E-state index in [1.807, 2.05) is 0 Å². The van der Waals surface area contributed by atoms with E-state index in [1.54, 1.807) is 24.3 Å². The Kier molecular flexibility index (Phi) is 8.47. The number of rotatable bonds is 11. The Labute approximate surface area is 185 Å². The van der Waals surface area contributed by atoms with Crippen LogP contribution in [0.5, 0.6) is 0 Å². The summed E-state index contributed by atoms with van der Waals surface area (Å²) in [7, 11) is 0. The smallest absolute Gasteiger partial charge is 0.336 e. The van der Waals surface area contributed by atoms with Crippen molar-refractivity contribution in [2.24, 2.45) is 0 Å². The van der Waals surface area contributed by atoms with Crippen molar-refractivity contribution in [3.63, 3.8) is 0 Å². The fourth-order valence-corrected chi connectivity index (χ4v) is 3.12. The largest absolute Gasteiger partial charge is 0.478 e. The molecule has 0 heterocycles. The molecule has 0 aliphatic rings. The van der Waals surface area contributed by atoms with Crippen LogP contribution in [0.25, 0.3) is 11.1 Å². The average Bonchev–Trinajstić information content (AvgIpc) is 2.78. The van der Waals surface area contributed by atoms with Crippen molar-refractivity contribution in [3.8, 4) is 11.1 Å². The number of nitrogens with one attached hydrogen (secondary N) is 2. The van der Waals surface area contributed by atoms with Crippen LogP contribution in [0.3, 0.4) is 0 Å². The molecule has 0 saturated heterocycles. The molecule has 166 valence electrons. The van der Waals surface area contributed by atoms with Gasteiger partial charge >= 0.3 is 11.9 Å². The number of hydrogen-bond donors (Lipinski definition) is 4. The van der Waals surface area contributed by atoms with Crippen molar-refractivity contribution in [1.29, 1.82) is 0 Å². The maximum Gasteiger partial charge on any atom is 0.336 e. The maximum atomic E-state index is 11.9. The van der Waals surface area contributed by atoms with Crippen LogP contribution in [0.15, 0.2) is 61.7 Å². The van der Waals surface area contributed by atoms with Gasteiger partial charge < -0.3 is 20.8 Å². The molecule has 0 aromatic heterocycles. The average molecular weight is 436 g/mol. The molecule has 2 aromatic carbocycles. The number of aromatic carboxylic acids is 2. The first-order valence-electron chi connectivity index (χ1n) is 9.80. The Morgan fingerprint density at radius 2 is 1.09 bits per heavy atom. The molecule has 0 unspecified atom stereocenters. The number of amides is 2. The summed E-state index contributed by atoms with van der Waals surface area (Å²) in [6.45, 7) is 7.34. The highest BCUT2D eigenvalue weighted by Gasteiger charge is 2.19. The predicted octanol–water partition coefficient (Wildman–Crippen LogP) is 2.44. The first-order chi connectivity index (χ1) is 15.3. The van der Waals surface area contributed by atoms with Gasteiger partial charge in [0.15, 0.2) is 0 Å². The lowest BCUT2D eigenvalue weighted by atomic mass is 9.91. The number of carbonyl (C=O) groups is 4. The van der Waals surface area contributed by atoms with Crippen molar-refractivity contribution < 1.29 is 29.4 Å². The molecule has 0 bridgehead atoms. The van der Waals surface area contributed by atoms with Crippen LogP contribution in [-0.2, 0) is 22.4 Å². The number of hydrogen-bond acceptors (Lipinski definition) is 4. The molecule has 2 rings (SSSR count). The second kappa shape index (κ2) is 11.3. The van der Waals surface area contributed by atoms with Gasteiger partial charge in [0.2, 0.25) is 11.8 Å². The fraction of sp³-hybridized carbons (Fsp3) is 0.167. The number of benzene rings is 2. The summed E-state index contributed by atoms with van der Waals surface area (Å²) in [5.74, 6) is -3.03. The zero-order valence-electron chi connectivity index (χ0n) is 17.4. The topological polar surface area (TPSA) is 133 Å². The molecule has 0 aliphatic carbocycles. The first-order valence-corrected chi connectivity index (χ1v) is 9.80. The van der Waals surface area contributed by atoms with E-state index in [1.165, 1.54) is 12.1 Å². The van der Waals surface area contributed by atoms with Gasteiger partial charge in [-0.1, -0.05) is 37.4 Å². The Bertz CT molecular complexity index is 989. The molecule has 0 atom stereocenters. The third-order valence-electron chi connectivity index (χ3n) is 4.72. The summed E-state index contributed by atoms with van der Waals surface area (Å²) >= 11 is 0. The van der Waals surface area contributed by atoms with E-state index in [0.29, 0.717) is 37.1 Å². The Hall–Kier alpha value is -4.20. The SMILES string of the molecule is C=CC(=O)NCCc1ccc(-c2ccc(CCNC(=O)C=C)cc2C(=O)O)c(C(=O)O)c1. The van der Waals surface area contributed by atoms with Crippen molar-refractivity contribution in [2.45, 2.75) is 12.8 Å². The first kappa shape index (κ1) is 24.1. The summed E-state index contributed by atoms with van der Waals surface area (Å²) in [5.41, 5.74) is 1.85. The van der Waals surface area contributed by atoms with Gasteiger partial charge in [-0.3, -0.25) is 9.59 Å². The van der Waals surface area contributed by atoms with Crippen LogP contribution in [0.4, 0.5) is 0 Å². The van der Waals surface area contributed by atoms with Gasteiger partial charge in [0.25, 0.3) is 0 Å². The van der Waals surface area contributed by atoms with Gasteiger partial charge in [0, 0.05) is 13.1 Å². The molecule has 0 spiro atoms. The molecule has 32 heavy (non-hydrogen) atoms. The Morgan fingerprint density at radius 3 is 1.41 bits per heavy atom. The molecular weight excluding hydrogens is 412 g/mol. The van der Waals surface area contributed by atoms with E-state index in [-0.39, 0.29) is 34.1 Å². The monoisotopic (exact) mass is 436 g/mol. The highest BCUT2D eigenvalue weighted by Crippen LogP contribution is 2.29. The van der Waals surface area contributed by atoms with Crippen molar-refractivity contribution in [1.82, 2.24) is 10.6 Å². The van der Waals surface area contributed by atoms with E-state index in [2.05, 4.69) is 23.8 Å². The van der Waals surface area contributed by atoms with Crippen LogP contribution in [-0.4, -0.2) is 47.1 Å². The molecular formula is C24H24N2O6. The maximum absolute atomic E-state index is 11.9. The minimum atomic E-state index is -1.19. The van der Waals surface area contributed by atoms with Crippen LogP contribution in [0.1, 0.15) is 31.8 Å². The van der Waals surface area contributed by atoms with E-state index in [0.717, 1.165) is 12.2 Å². The van der Waals surface area contributed by atoms with E-state index in [9.17, 15) is 29.4 Å². The standard InChI is InChI=1S/C24H24N2O6/c1-3-21(27)25-11-9-15-5-7-17(19(13-15)23(29)30)18-8-6-16(14-20(18)24(31)32)10-12-26-22(28)4-2/h3-8,13-14H,1-2,9-12H2,(H,25,27)(H,26,28)(H,29,30)(H,31,32).